The van der Waals surface area contributed by atoms with Crippen LogP contribution in [0.3, 0.4) is 0 Å². The number of benzene rings is 1. The molecule has 1 aromatic carbocycles. The second-order valence-corrected chi connectivity index (χ2v) is 6.77. The molecule has 1 N–H and O–H groups in total. The summed E-state index contributed by atoms with van der Waals surface area (Å²) < 4.78 is 12.6. The number of urea groups is 1. The summed E-state index contributed by atoms with van der Waals surface area (Å²) in [5.74, 6) is 0.729. The highest BCUT2D eigenvalue weighted by molar-refractivity contribution is 5.90. The molecule has 7 nitrogen and oxygen atoms in total. The molecule has 4 rings (SSSR count). The molecule has 2 aliphatic heterocycles. The van der Waals surface area contributed by atoms with E-state index in [0.717, 1.165) is 0 Å². The first-order valence-corrected chi connectivity index (χ1v) is 8.39. The predicted molar refractivity (Wildman–Crippen MR) is 92.8 cm³/mol. The second-order valence-electron chi connectivity index (χ2n) is 6.77. The maximum atomic E-state index is 12.8. The first kappa shape index (κ1) is 16.0. The fourth-order valence-corrected chi connectivity index (χ4v) is 3.97. The quantitative estimate of drug-likeness (QED) is 0.924. The van der Waals surface area contributed by atoms with Crippen molar-refractivity contribution in [1.82, 2.24) is 14.7 Å². The summed E-state index contributed by atoms with van der Waals surface area (Å²) in [6.45, 7) is 2.68. The van der Waals surface area contributed by atoms with Crippen LogP contribution in [0.1, 0.15) is 5.56 Å². The second kappa shape index (κ2) is 6.07. The number of hydrogen-bond acceptors (Lipinski definition) is 4. The number of aryl methyl sites for hydroxylation is 1. The molecule has 2 aliphatic rings. The third-order valence-electron chi connectivity index (χ3n) is 5.24. The maximum Gasteiger partial charge on any atom is 0.322 e. The first-order valence-electron chi connectivity index (χ1n) is 8.39. The summed E-state index contributed by atoms with van der Waals surface area (Å²) in [5, 5.41) is 7.09. The number of carbonyl (C=O) groups excluding carboxylic acids is 1. The summed E-state index contributed by atoms with van der Waals surface area (Å²) in [4.78, 5) is 14.6. The number of hydrogen-bond donors (Lipinski definition) is 1. The van der Waals surface area contributed by atoms with E-state index in [4.69, 9.17) is 9.47 Å². The number of nitrogens with one attached hydrogen (secondary N) is 1. The van der Waals surface area contributed by atoms with Gasteiger partial charge in [-0.25, -0.2) is 4.79 Å². The molecular weight excluding hydrogens is 320 g/mol. The molecule has 2 saturated heterocycles. The van der Waals surface area contributed by atoms with Gasteiger partial charge in [0.15, 0.2) is 0 Å². The van der Waals surface area contributed by atoms with E-state index in [0.29, 0.717) is 43.8 Å². The van der Waals surface area contributed by atoms with Crippen molar-refractivity contribution in [3.8, 4) is 5.88 Å². The Morgan fingerprint density at radius 2 is 2.20 bits per heavy atom. The minimum Gasteiger partial charge on any atom is -0.478 e. The van der Waals surface area contributed by atoms with Gasteiger partial charge in [0.2, 0.25) is 0 Å². The van der Waals surface area contributed by atoms with Crippen LogP contribution in [0.5, 0.6) is 5.88 Å². The molecule has 2 atom stereocenters. The molecule has 132 valence electrons. The van der Waals surface area contributed by atoms with Crippen LogP contribution in [-0.2, 0) is 17.2 Å². The Hall–Kier alpha value is -2.54. The van der Waals surface area contributed by atoms with Gasteiger partial charge in [0.05, 0.1) is 26.5 Å². The Morgan fingerprint density at radius 1 is 1.40 bits per heavy atom. The Balaban J connectivity index is 1.54. The molecule has 1 aromatic heterocycles. The van der Waals surface area contributed by atoms with Gasteiger partial charge in [-0.3, -0.25) is 4.68 Å². The monoisotopic (exact) mass is 342 g/mol. The zero-order valence-electron chi connectivity index (χ0n) is 14.4. The largest absolute Gasteiger partial charge is 0.478 e. The summed E-state index contributed by atoms with van der Waals surface area (Å²) in [6, 6.07) is 10.2. The van der Waals surface area contributed by atoms with Crippen LogP contribution in [0.2, 0.25) is 0 Å². The van der Waals surface area contributed by atoms with Gasteiger partial charge in [0, 0.05) is 31.5 Å². The molecule has 25 heavy (non-hydrogen) atoms. The molecule has 2 aromatic rings. The number of rotatable bonds is 3. The van der Waals surface area contributed by atoms with Crippen molar-refractivity contribution in [2.24, 2.45) is 13.0 Å². The van der Waals surface area contributed by atoms with Gasteiger partial charge in [-0.2, -0.15) is 0 Å². The highest BCUT2D eigenvalue weighted by Gasteiger charge is 2.52. The average Bonchev–Trinajstić information content (AvgIpc) is 3.27. The van der Waals surface area contributed by atoms with E-state index in [2.05, 4.69) is 22.5 Å². The molecule has 0 spiro atoms. The Kier molecular flexibility index (Phi) is 3.88. The van der Waals surface area contributed by atoms with Crippen LogP contribution < -0.4 is 10.1 Å². The van der Waals surface area contributed by atoms with E-state index in [9.17, 15) is 4.79 Å². The summed E-state index contributed by atoms with van der Waals surface area (Å²) in [5.41, 5.74) is 1.71. The average molecular weight is 342 g/mol. The van der Waals surface area contributed by atoms with E-state index >= 15 is 0 Å². The summed E-state index contributed by atoms with van der Waals surface area (Å²) in [7, 11) is 3.33. The van der Waals surface area contributed by atoms with Gasteiger partial charge in [0.25, 0.3) is 5.88 Å². The van der Waals surface area contributed by atoms with Gasteiger partial charge in [-0.1, -0.05) is 30.3 Å². The minimum atomic E-state index is -0.129. The number of fused-ring (bicyclic) bond motifs is 1. The number of carbonyl (C=O) groups is 1. The fourth-order valence-electron chi connectivity index (χ4n) is 3.97. The smallest absolute Gasteiger partial charge is 0.322 e. The molecule has 0 aliphatic carbocycles. The predicted octanol–water partition coefficient (Wildman–Crippen LogP) is 1.86. The van der Waals surface area contributed by atoms with E-state index in [1.165, 1.54) is 5.56 Å². The molecule has 0 unspecified atom stereocenters. The van der Waals surface area contributed by atoms with Crippen molar-refractivity contribution in [3.63, 3.8) is 0 Å². The zero-order valence-corrected chi connectivity index (χ0v) is 14.4. The van der Waals surface area contributed by atoms with Crippen LogP contribution in [0.15, 0.2) is 36.5 Å². The van der Waals surface area contributed by atoms with Crippen LogP contribution in [0, 0.1) is 5.92 Å². The van der Waals surface area contributed by atoms with Crippen molar-refractivity contribution in [3.05, 3.63) is 42.1 Å². The lowest BCUT2D eigenvalue weighted by atomic mass is 9.75. The molecule has 3 heterocycles. The van der Waals surface area contributed by atoms with Crippen molar-refractivity contribution in [1.29, 1.82) is 0 Å². The van der Waals surface area contributed by atoms with Crippen LogP contribution >= 0.6 is 0 Å². The molecule has 2 fully saturated rings. The SMILES string of the molecule is COc1nn(C)cc1NC(=O)N1C[C@H]2COC[C@@]2(c2ccccc2)C1. The Labute approximate surface area is 146 Å². The molecule has 7 heteroatoms. The number of anilines is 1. The summed E-state index contributed by atoms with van der Waals surface area (Å²) >= 11 is 0. The number of methoxy groups -OCH3 is 1. The fraction of sp³-hybridized carbons (Fsp3) is 0.444. The topological polar surface area (TPSA) is 68.6 Å². The van der Waals surface area contributed by atoms with E-state index < -0.39 is 0 Å². The molecule has 2 amide bonds. The van der Waals surface area contributed by atoms with Crippen molar-refractivity contribution in [2.45, 2.75) is 5.41 Å². The Morgan fingerprint density at radius 3 is 2.96 bits per heavy atom. The third-order valence-corrected chi connectivity index (χ3v) is 5.24. The van der Waals surface area contributed by atoms with E-state index in [1.807, 2.05) is 23.1 Å². The highest BCUT2D eigenvalue weighted by Crippen LogP contribution is 2.44. The van der Waals surface area contributed by atoms with Gasteiger partial charge in [-0.15, -0.1) is 5.10 Å². The van der Waals surface area contributed by atoms with Crippen molar-refractivity contribution < 1.29 is 14.3 Å². The van der Waals surface area contributed by atoms with Crippen LogP contribution in [-0.4, -0.2) is 54.1 Å². The van der Waals surface area contributed by atoms with Gasteiger partial charge < -0.3 is 19.7 Å². The molecule has 0 bridgehead atoms. The standard InChI is InChI=1S/C18H22N4O3/c1-21-9-15(16(20-21)24-2)19-17(23)22-8-14-10-25-12-18(14,11-22)13-6-4-3-5-7-13/h3-7,9,14H,8,10-12H2,1-2H3,(H,19,23)/t14-,18+/m0/s1. The lowest BCUT2D eigenvalue weighted by molar-refractivity contribution is 0.152. The lowest BCUT2D eigenvalue weighted by Crippen LogP contribution is -2.38. The number of ether oxygens (including phenoxy) is 2. The lowest BCUT2D eigenvalue weighted by Gasteiger charge is -2.27. The van der Waals surface area contributed by atoms with Gasteiger partial charge in [-0.05, 0) is 5.56 Å². The van der Waals surface area contributed by atoms with E-state index in [1.54, 1.807) is 25.0 Å². The maximum absolute atomic E-state index is 12.8. The van der Waals surface area contributed by atoms with Crippen molar-refractivity contribution >= 4 is 11.7 Å². The first-order chi connectivity index (χ1) is 12.1. The minimum absolute atomic E-state index is 0.113. The third kappa shape index (κ3) is 2.64. The Bertz CT molecular complexity index is 776. The van der Waals surface area contributed by atoms with E-state index in [-0.39, 0.29) is 11.4 Å². The van der Waals surface area contributed by atoms with Crippen LogP contribution in [0.25, 0.3) is 0 Å². The highest BCUT2D eigenvalue weighted by atomic mass is 16.5. The number of aromatic nitrogens is 2. The number of nitrogens with zero attached hydrogens (tertiary/aromatic N) is 3. The van der Waals surface area contributed by atoms with Crippen molar-refractivity contribution in [2.75, 3.05) is 38.7 Å². The molecule has 0 saturated carbocycles. The number of likely N-dealkylation sites (tertiary alicyclic amines) is 1. The zero-order chi connectivity index (χ0) is 17.4. The van der Waals surface area contributed by atoms with Gasteiger partial charge in [0.1, 0.15) is 5.69 Å². The molecular formula is C18H22N4O3. The van der Waals surface area contributed by atoms with Gasteiger partial charge >= 0.3 is 6.03 Å². The van der Waals surface area contributed by atoms with Crippen LogP contribution in [0.4, 0.5) is 10.5 Å². The number of amides is 2. The molecule has 0 radical (unpaired) electrons. The summed E-state index contributed by atoms with van der Waals surface area (Å²) in [6.07, 6.45) is 1.74. The normalized spacial score (nSPS) is 25.0.